The van der Waals surface area contributed by atoms with Crippen LogP contribution in [0.25, 0.3) is 5.65 Å². The molecule has 0 fully saturated rings. The summed E-state index contributed by atoms with van der Waals surface area (Å²) in [6, 6.07) is 8.64. The van der Waals surface area contributed by atoms with Crippen LogP contribution in [0.4, 0.5) is 8.78 Å². The number of nitrogens with zero attached hydrogens (tertiary/aromatic N) is 2. The predicted octanol–water partition coefficient (Wildman–Crippen LogP) is 3.29. The van der Waals surface area contributed by atoms with Crippen LogP contribution in [0.2, 0.25) is 0 Å². The van der Waals surface area contributed by atoms with E-state index in [4.69, 9.17) is 0 Å². The Labute approximate surface area is 132 Å². The van der Waals surface area contributed by atoms with Crippen LogP contribution in [-0.2, 0) is 15.6 Å². The Morgan fingerprint density at radius 3 is 2.48 bits per heavy atom. The van der Waals surface area contributed by atoms with Crippen molar-refractivity contribution in [2.45, 2.75) is 17.9 Å². The summed E-state index contributed by atoms with van der Waals surface area (Å²) in [7, 11) is -3.81. The molecule has 1 unspecified atom stereocenters. The smallest absolute Gasteiger partial charge is 0.162 e. The topological polar surface area (TPSA) is 51.4 Å². The van der Waals surface area contributed by atoms with Crippen LogP contribution in [0.5, 0.6) is 0 Å². The number of pyridine rings is 1. The Morgan fingerprint density at radius 1 is 1.13 bits per heavy atom. The Kier molecular flexibility index (Phi) is 3.89. The molecular weight excluding hydrogens is 322 g/mol. The van der Waals surface area contributed by atoms with Gasteiger partial charge in [0.2, 0.25) is 0 Å². The zero-order valence-electron chi connectivity index (χ0n) is 12.3. The quantitative estimate of drug-likeness (QED) is 0.735. The summed E-state index contributed by atoms with van der Waals surface area (Å²) < 4.78 is 54.3. The molecule has 7 heteroatoms. The zero-order valence-corrected chi connectivity index (χ0v) is 13.1. The van der Waals surface area contributed by atoms with Gasteiger partial charge in [-0.1, -0.05) is 12.1 Å². The van der Waals surface area contributed by atoms with Gasteiger partial charge in [0.15, 0.2) is 9.84 Å². The number of hydrogen-bond donors (Lipinski definition) is 0. The van der Waals surface area contributed by atoms with Gasteiger partial charge in [-0.3, -0.25) is 0 Å². The first-order valence-corrected chi connectivity index (χ1v) is 8.68. The van der Waals surface area contributed by atoms with Crippen molar-refractivity contribution in [3.8, 4) is 0 Å². The minimum absolute atomic E-state index is 0.333. The van der Waals surface area contributed by atoms with Crippen LogP contribution in [0.1, 0.15) is 23.4 Å². The standard InChI is InChI=1S/C16H14F2N2O2S/c1-11(16-13(17)5-4-6-14(16)18)23(21,22)10-12-9-20-8-3-2-7-15(20)19-12/h2-9,11H,10H2,1H3. The molecule has 4 nitrogen and oxygen atoms in total. The predicted molar refractivity (Wildman–Crippen MR) is 82.6 cm³/mol. The number of fused-ring (bicyclic) bond motifs is 1. The molecular formula is C16H14F2N2O2S. The fourth-order valence-electron chi connectivity index (χ4n) is 2.47. The summed E-state index contributed by atoms with van der Waals surface area (Å²) in [4.78, 5) is 4.22. The number of rotatable bonds is 4. The van der Waals surface area contributed by atoms with Gasteiger partial charge in [-0.25, -0.2) is 22.2 Å². The van der Waals surface area contributed by atoms with Crippen LogP contribution >= 0.6 is 0 Å². The Balaban J connectivity index is 1.94. The maximum absolute atomic E-state index is 13.8. The van der Waals surface area contributed by atoms with E-state index in [-0.39, 0.29) is 5.75 Å². The van der Waals surface area contributed by atoms with Crippen molar-refractivity contribution in [3.05, 3.63) is 71.7 Å². The van der Waals surface area contributed by atoms with Crippen LogP contribution in [0, 0.1) is 11.6 Å². The molecule has 0 saturated heterocycles. The highest BCUT2D eigenvalue weighted by atomic mass is 32.2. The molecule has 0 saturated carbocycles. The van der Waals surface area contributed by atoms with Crippen molar-refractivity contribution < 1.29 is 17.2 Å². The molecule has 3 rings (SSSR count). The Morgan fingerprint density at radius 2 is 1.83 bits per heavy atom. The highest BCUT2D eigenvalue weighted by Gasteiger charge is 2.29. The lowest BCUT2D eigenvalue weighted by Gasteiger charge is -2.14. The van der Waals surface area contributed by atoms with E-state index in [1.165, 1.54) is 13.0 Å². The van der Waals surface area contributed by atoms with E-state index < -0.39 is 32.3 Å². The summed E-state index contributed by atoms with van der Waals surface area (Å²) in [5.74, 6) is -2.11. The van der Waals surface area contributed by atoms with E-state index in [1.54, 1.807) is 35.0 Å². The Bertz CT molecular complexity index is 914. The van der Waals surface area contributed by atoms with Gasteiger partial charge in [-0.15, -0.1) is 0 Å². The average molecular weight is 336 g/mol. The monoisotopic (exact) mass is 336 g/mol. The van der Waals surface area contributed by atoms with E-state index in [9.17, 15) is 17.2 Å². The minimum Gasteiger partial charge on any atom is -0.307 e. The molecule has 2 aromatic heterocycles. The van der Waals surface area contributed by atoms with Crippen LogP contribution in [0.15, 0.2) is 48.8 Å². The molecule has 0 N–H and O–H groups in total. The molecule has 0 spiro atoms. The van der Waals surface area contributed by atoms with Gasteiger partial charge in [-0.2, -0.15) is 0 Å². The second-order valence-electron chi connectivity index (χ2n) is 5.28. The first kappa shape index (κ1) is 15.6. The largest absolute Gasteiger partial charge is 0.307 e. The second-order valence-corrected chi connectivity index (χ2v) is 7.60. The van der Waals surface area contributed by atoms with Gasteiger partial charge in [0, 0.05) is 18.0 Å². The van der Waals surface area contributed by atoms with Crippen molar-refractivity contribution in [2.75, 3.05) is 0 Å². The van der Waals surface area contributed by atoms with Gasteiger partial charge in [0.05, 0.1) is 16.7 Å². The summed E-state index contributed by atoms with van der Waals surface area (Å²) in [5.41, 5.74) is 0.512. The van der Waals surface area contributed by atoms with Gasteiger partial charge in [0.25, 0.3) is 0 Å². The minimum atomic E-state index is -3.81. The molecule has 0 amide bonds. The summed E-state index contributed by atoms with van der Waals surface area (Å²) >= 11 is 0. The summed E-state index contributed by atoms with van der Waals surface area (Å²) in [6.45, 7) is 1.28. The van der Waals surface area contributed by atoms with Crippen molar-refractivity contribution in [3.63, 3.8) is 0 Å². The molecule has 0 radical (unpaired) electrons. The number of halogens is 2. The third-order valence-electron chi connectivity index (χ3n) is 3.71. The molecule has 0 bridgehead atoms. The van der Waals surface area contributed by atoms with Gasteiger partial charge < -0.3 is 4.40 Å². The molecule has 0 aliphatic carbocycles. The van der Waals surface area contributed by atoms with Gasteiger partial charge in [-0.05, 0) is 31.2 Å². The highest BCUT2D eigenvalue weighted by Crippen LogP contribution is 2.29. The number of aromatic nitrogens is 2. The van der Waals surface area contributed by atoms with E-state index in [0.717, 1.165) is 12.1 Å². The van der Waals surface area contributed by atoms with E-state index in [0.29, 0.717) is 11.3 Å². The molecule has 0 aliphatic rings. The fourth-order valence-corrected chi connectivity index (χ4v) is 3.85. The first-order valence-electron chi connectivity index (χ1n) is 6.96. The molecule has 1 atom stereocenters. The van der Waals surface area contributed by atoms with Crippen molar-refractivity contribution in [1.29, 1.82) is 0 Å². The highest BCUT2D eigenvalue weighted by molar-refractivity contribution is 7.90. The average Bonchev–Trinajstić information content (AvgIpc) is 2.88. The number of imidazole rings is 1. The third kappa shape index (κ3) is 2.96. The van der Waals surface area contributed by atoms with Crippen LogP contribution in [-0.4, -0.2) is 17.8 Å². The number of hydrogen-bond acceptors (Lipinski definition) is 3. The molecule has 120 valence electrons. The van der Waals surface area contributed by atoms with E-state index >= 15 is 0 Å². The number of benzene rings is 1. The Hall–Kier alpha value is -2.28. The van der Waals surface area contributed by atoms with Crippen molar-refractivity contribution >= 4 is 15.5 Å². The third-order valence-corrected chi connectivity index (χ3v) is 5.72. The first-order chi connectivity index (χ1) is 10.9. The molecule has 23 heavy (non-hydrogen) atoms. The lowest BCUT2D eigenvalue weighted by atomic mass is 10.1. The molecule has 3 aromatic rings. The summed E-state index contributed by atoms with van der Waals surface area (Å²) in [6.07, 6.45) is 3.34. The SMILES string of the molecule is CC(c1c(F)cccc1F)S(=O)(=O)Cc1cn2ccccc2n1. The van der Waals surface area contributed by atoms with Gasteiger partial charge >= 0.3 is 0 Å². The lowest BCUT2D eigenvalue weighted by Crippen LogP contribution is -2.15. The van der Waals surface area contributed by atoms with Crippen molar-refractivity contribution in [1.82, 2.24) is 9.38 Å². The van der Waals surface area contributed by atoms with Crippen LogP contribution in [0.3, 0.4) is 0 Å². The van der Waals surface area contributed by atoms with Crippen molar-refractivity contribution in [2.24, 2.45) is 0 Å². The number of sulfone groups is 1. The zero-order chi connectivity index (χ0) is 16.6. The van der Waals surface area contributed by atoms with Crippen LogP contribution < -0.4 is 0 Å². The lowest BCUT2D eigenvalue weighted by molar-refractivity contribution is 0.540. The molecule has 1 aromatic carbocycles. The van der Waals surface area contributed by atoms with E-state index in [2.05, 4.69) is 4.98 Å². The normalized spacial score (nSPS) is 13.3. The fraction of sp³-hybridized carbons (Fsp3) is 0.188. The maximum Gasteiger partial charge on any atom is 0.162 e. The second kappa shape index (κ2) is 5.73. The maximum atomic E-state index is 13.8. The molecule has 0 aliphatic heterocycles. The van der Waals surface area contributed by atoms with E-state index in [1.807, 2.05) is 0 Å². The van der Waals surface area contributed by atoms with Gasteiger partial charge in [0.1, 0.15) is 17.3 Å². The summed E-state index contributed by atoms with van der Waals surface area (Å²) in [5, 5.41) is -1.30. The molecule has 2 heterocycles.